The zero-order valence-electron chi connectivity index (χ0n) is 18.4. The number of hydrogen-bond donors (Lipinski definition) is 0. The molecule has 0 saturated carbocycles. The van der Waals surface area contributed by atoms with Crippen molar-refractivity contribution < 1.29 is 4.74 Å². The van der Waals surface area contributed by atoms with Crippen LogP contribution in [-0.4, -0.2) is 24.3 Å². The molecule has 0 amide bonds. The summed E-state index contributed by atoms with van der Waals surface area (Å²) in [4.78, 5) is 19.7. The van der Waals surface area contributed by atoms with Gasteiger partial charge in [0.15, 0.2) is 5.65 Å². The van der Waals surface area contributed by atoms with Crippen LogP contribution < -0.4 is 0 Å². The van der Waals surface area contributed by atoms with Gasteiger partial charge in [0, 0.05) is 16.2 Å². The summed E-state index contributed by atoms with van der Waals surface area (Å²) in [6.07, 6.45) is 4.50. The van der Waals surface area contributed by atoms with Crippen LogP contribution in [0.4, 0.5) is 0 Å². The molecular weight excluding hydrogens is 374 g/mol. The van der Waals surface area contributed by atoms with E-state index >= 15 is 0 Å². The minimum atomic E-state index is -0.165. The van der Waals surface area contributed by atoms with Crippen molar-refractivity contribution in [3.8, 4) is 0 Å². The Balaban J connectivity index is 1.76. The fraction of sp³-hybridized carbons (Fsp3) is 0.500. The first kappa shape index (κ1) is 18.2. The molecule has 154 valence electrons. The van der Waals surface area contributed by atoms with E-state index in [4.69, 9.17) is 19.7 Å². The monoisotopic (exact) mass is 401 g/mol. The molecular formula is C24H27N5O. The van der Waals surface area contributed by atoms with Gasteiger partial charge in [0.2, 0.25) is 0 Å². The van der Waals surface area contributed by atoms with Gasteiger partial charge in [0.1, 0.15) is 22.8 Å². The number of aromatic nitrogens is 5. The van der Waals surface area contributed by atoms with Gasteiger partial charge in [0.05, 0.1) is 23.9 Å². The SMILES string of the molecule is CC(C)(C)c1ncc2nc3c4cc5c(cc4nc(C(C)(C)C)n3c2n1)C1CCC5O1. The van der Waals surface area contributed by atoms with Gasteiger partial charge in [-0.15, -0.1) is 0 Å². The number of benzene rings is 1. The normalized spacial score (nSPS) is 21.3. The highest BCUT2D eigenvalue weighted by Crippen LogP contribution is 2.51. The third kappa shape index (κ3) is 2.40. The molecule has 5 heterocycles. The third-order valence-corrected chi connectivity index (χ3v) is 6.34. The van der Waals surface area contributed by atoms with Crippen molar-refractivity contribution in [3.63, 3.8) is 0 Å². The lowest BCUT2D eigenvalue weighted by atomic mass is 9.90. The van der Waals surface area contributed by atoms with Crippen molar-refractivity contribution in [2.75, 3.05) is 0 Å². The summed E-state index contributed by atoms with van der Waals surface area (Å²) in [5, 5.41) is 1.06. The molecule has 30 heavy (non-hydrogen) atoms. The second kappa shape index (κ2) is 5.55. The number of rotatable bonds is 0. The van der Waals surface area contributed by atoms with Gasteiger partial charge in [-0.3, -0.25) is 4.40 Å². The smallest absolute Gasteiger partial charge is 0.169 e. The van der Waals surface area contributed by atoms with Gasteiger partial charge in [-0.25, -0.2) is 19.9 Å². The second-order valence-electron chi connectivity index (χ2n) is 10.8. The summed E-state index contributed by atoms with van der Waals surface area (Å²) in [5.41, 5.74) is 5.85. The number of imidazole rings is 1. The molecule has 6 rings (SSSR count). The fourth-order valence-corrected chi connectivity index (χ4v) is 4.83. The lowest BCUT2D eigenvalue weighted by Crippen LogP contribution is -2.20. The van der Waals surface area contributed by atoms with E-state index in [1.54, 1.807) is 0 Å². The number of fused-ring (bicyclic) bond motifs is 10. The average Bonchev–Trinajstić information content (AvgIpc) is 3.37. The molecule has 1 aromatic carbocycles. The molecule has 0 spiro atoms. The first-order chi connectivity index (χ1) is 14.1. The topological polar surface area (TPSA) is 65.2 Å². The van der Waals surface area contributed by atoms with Crippen molar-refractivity contribution in [1.82, 2.24) is 24.3 Å². The number of ether oxygens (including phenoxy) is 1. The van der Waals surface area contributed by atoms with E-state index in [2.05, 4.69) is 63.1 Å². The van der Waals surface area contributed by atoms with Gasteiger partial charge >= 0.3 is 0 Å². The maximum absolute atomic E-state index is 6.16. The molecule has 3 aromatic heterocycles. The predicted molar refractivity (Wildman–Crippen MR) is 117 cm³/mol. The standard InChI is InChI=1S/C24H27N5O/c1-23(2,3)21-25-11-16-20(28-21)29-19(26-16)14-9-12-13(18-8-7-17(12)30-18)10-15(14)27-22(29)24(4,5)6/h9-11,17-18H,7-8H2,1-6H3. The van der Waals surface area contributed by atoms with E-state index < -0.39 is 0 Å². The predicted octanol–water partition coefficient (Wildman–Crippen LogP) is 5.33. The first-order valence-corrected chi connectivity index (χ1v) is 10.8. The van der Waals surface area contributed by atoms with Gasteiger partial charge in [-0.2, -0.15) is 0 Å². The van der Waals surface area contributed by atoms with E-state index in [0.717, 1.165) is 52.2 Å². The molecule has 2 aliphatic rings. The van der Waals surface area contributed by atoms with Gasteiger partial charge in [-0.1, -0.05) is 41.5 Å². The molecule has 0 aliphatic carbocycles. The number of nitrogens with zero attached hydrogens (tertiary/aromatic N) is 5. The van der Waals surface area contributed by atoms with Crippen molar-refractivity contribution in [2.45, 2.75) is 77.4 Å². The van der Waals surface area contributed by atoms with Crippen molar-refractivity contribution >= 4 is 27.7 Å². The van der Waals surface area contributed by atoms with Crippen LogP contribution in [0, 0.1) is 0 Å². The Bertz CT molecular complexity index is 1360. The maximum atomic E-state index is 6.16. The zero-order valence-corrected chi connectivity index (χ0v) is 18.4. The third-order valence-electron chi connectivity index (χ3n) is 6.34. The molecule has 0 N–H and O–H groups in total. The largest absolute Gasteiger partial charge is 0.366 e. The molecule has 6 heteroatoms. The summed E-state index contributed by atoms with van der Waals surface area (Å²) in [5.74, 6) is 1.78. The van der Waals surface area contributed by atoms with Crippen molar-refractivity contribution in [3.05, 3.63) is 41.1 Å². The van der Waals surface area contributed by atoms with Crippen LogP contribution in [0.2, 0.25) is 0 Å². The van der Waals surface area contributed by atoms with E-state index in [1.807, 2.05) is 6.20 Å². The molecule has 0 radical (unpaired) electrons. The highest BCUT2D eigenvalue weighted by Gasteiger charge is 2.38. The Hall–Kier alpha value is -2.60. The summed E-state index contributed by atoms with van der Waals surface area (Å²) in [7, 11) is 0. The summed E-state index contributed by atoms with van der Waals surface area (Å²) >= 11 is 0. The molecule has 2 unspecified atom stereocenters. The molecule has 2 atom stereocenters. The van der Waals surface area contributed by atoms with Crippen LogP contribution in [0.1, 0.15) is 89.4 Å². The highest BCUT2D eigenvalue weighted by atomic mass is 16.5. The van der Waals surface area contributed by atoms with E-state index in [9.17, 15) is 0 Å². The lowest BCUT2D eigenvalue weighted by Gasteiger charge is -2.22. The van der Waals surface area contributed by atoms with E-state index in [0.29, 0.717) is 0 Å². The minimum Gasteiger partial charge on any atom is -0.366 e. The Labute approximate surface area is 175 Å². The fourth-order valence-electron chi connectivity index (χ4n) is 4.83. The van der Waals surface area contributed by atoms with Crippen LogP contribution in [0.25, 0.3) is 27.7 Å². The van der Waals surface area contributed by atoms with Gasteiger partial charge < -0.3 is 4.74 Å². The van der Waals surface area contributed by atoms with Crippen molar-refractivity contribution in [2.24, 2.45) is 0 Å². The van der Waals surface area contributed by atoms with Gasteiger partial charge in [-0.05, 0) is 36.1 Å². The minimum absolute atomic E-state index is 0.137. The Morgan fingerprint density at radius 2 is 1.53 bits per heavy atom. The molecule has 1 saturated heterocycles. The Morgan fingerprint density at radius 1 is 0.833 bits per heavy atom. The van der Waals surface area contributed by atoms with Crippen LogP contribution in [0.5, 0.6) is 0 Å². The lowest BCUT2D eigenvalue weighted by molar-refractivity contribution is 0.0717. The van der Waals surface area contributed by atoms with E-state index in [1.165, 1.54) is 11.1 Å². The highest BCUT2D eigenvalue weighted by molar-refractivity contribution is 5.96. The molecule has 6 nitrogen and oxygen atoms in total. The van der Waals surface area contributed by atoms with Crippen LogP contribution >= 0.6 is 0 Å². The number of hydrogen-bond acceptors (Lipinski definition) is 5. The summed E-state index contributed by atoms with van der Waals surface area (Å²) in [6.45, 7) is 13.0. The van der Waals surface area contributed by atoms with Crippen LogP contribution in [-0.2, 0) is 15.6 Å². The Morgan fingerprint density at radius 3 is 2.20 bits per heavy atom. The molecule has 1 fully saturated rings. The second-order valence-corrected chi connectivity index (χ2v) is 10.8. The van der Waals surface area contributed by atoms with Gasteiger partial charge in [0.25, 0.3) is 0 Å². The average molecular weight is 402 g/mol. The Kier molecular flexibility index (Phi) is 3.37. The molecule has 4 aromatic rings. The first-order valence-electron chi connectivity index (χ1n) is 10.8. The van der Waals surface area contributed by atoms with Crippen LogP contribution in [0.3, 0.4) is 0 Å². The van der Waals surface area contributed by atoms with Crippen LogP contribution in [0.15, 0.2) is 18.3 Å². The molecule has 2 aliphatic heterocycles. The zero-order chi connectivity index (χ0) is 21.0. The molecule has 2 bridgehead atoms. The maximum Gasteiger partial charge on any atom is 0.169 e. The quantitative estimate of drug-likeness (QED) is 0.399. The summed E-state index contributed by atoms with van der Waals surface area (Å²) < 4.78 is 8.31. The summed E-state index contributed by atoms with van der Waals surface area (Å²) in [6, 6.07) is 4.49. The van der Waals surface area contributed by atoms with E-state index in [-0.39, 0.29) is 23.0 Å². The van der Waals surface area contributed by atoms with Crippen molar-refractivity contribution in [1.29, 1.82) is 0 Å².